The van der Waals surface area contributed by atoms with E-state index in [9.17, 15) is 8.60 Å². The van der Waals surface area contributed by atoms with Crippen molar-refractivity contribution in [2.75, 3.05) is 29.5 Å². The summed E-state index contributed by atoms with van der Waals surface area (Å²) in [7, 11) is -0.682. The van der Waals surface area contributed by atoms with Gasteiger partial charge in [-0.15, -0.1) is 0 Å². The SMILES string of the molecule is CC(=Nc1ccc(F)cc1)C(=CN)c1ccc(N2CCS(=O)CC2)cc1. The van der Waals surface area contributed by atoms with Crippen LogP contribution >= 0.6 is 0 Å². The largest absolute Gasteiger partial charge is 0.404 e. The number of nitrogens with two attached hydrogens (primary N) is 1. The molecule has 136 valence electrons. The molecule has 2 aromatic rings. The zero-order chi connectivity index (χ0) is 18.5. The first-order valence-electron chi connectivity index (χ1n) is 8.50. The van der Waals surface area contributed by atoms with E-state index in [-0.39, 0.29) is 5.82 Å². The summed E-state index contributed by atoms with van der Waals surface area (Å²) in [6, 6.07) is 14.2. The Morgan fingerprint density at radius 3 is 2.31 bits per heavy atom. The number of aliphatic imine (C=N–C) groups is 1. The number of hydrogen-bond donors (Lipinski definition) is 1. The van der Waals surface area contributed by atoms with Gasteiger partial charge in [-0.3, -0.25) is 9.20 Å². The maximum atomic E-state index is 13.0. The van der Waals surface area contributed by atoms with E-state index in [0.717, 1.165) is 47.1 Å². The summed E-state index contributed by atoms with van der Waals surface area (Å²) >= 11 is 0. The van der Waals surface area contributed by atoms with E-state index in [0.29, 0.717) is 5.69 Å². The average molecular weight is 371 g/mol. The molecule has 0 atom stereocenters. The highest BCUT2D eigenvalue weighted by molar-refractivity contribution is 7.85. The lowest BCUT2D eigenvalue weighted by Gasteiger charge is -2.28. The summed E-state index contributed by atoms with van der Waals surface area (Å²) in [5.41, 5.74) is 10.2. The Kier molecular flexibility index (Phi) is 5.83. The van der Waals surface area contributed by atoms with Gasteiger partial charge in [0.15, 0.2) is 0 Å². The van der Waals surface area contributed by atoms with Gasteiger partial charge in [-0.25, -0.2) is 4.39 Å². The van der Waals surface area contributed by atoms with Crippen molar-refractivity contribution < 1.29 is 8.60 Å². The van der Waals surface area contributed by atoms with E-state index in [4.69, 9.17) is 5.73 Å². The van der Waals surface area contributed by atoms with Crippen molar-refractivity contribution in [3.63, 3.8) is 0 Å². The monoisotopic (exact) mass is 371 g/mol. The Balaban J connectivity index is 1.77. The molecular weight excluding hydrogens is 349 g/mol. The number of hydrogen-bond acceptors (Lipinski definition) is 4. The van der Waals surface area contributed by atoms with Crippen molar-refractivity contribution in [2.45, 2.75) is 6.92 Å². The Morgan fingerprint density at radius 2 is 1.73 bits per heavy atom. The molecule has 1 fully saturated rings. The van der Waals surface area contributed by atoms with E-state index in [1.807, 2.05) is 19.1 Å². The van der Waals surface area contributed by atoms with E-state index in [2.05, 4.69) is 22.0 Å². The molecule has 1 aliphatic heterocycles. The minimum absolute atomic E-state index is 0.284. The van der Waals surface area contributed by atoms with Crippen molar-refractivity contribution >= 4 is 33.5 Å². The topological polar surface area (TPSA) is 58.7 Å². The number of nitrogens with zero attached hydrogens (tertiary/aromatic N) is 2. The molecule has 0 aliphatic carbocycles. The number of anilines is 1. The van der Waals surface area contributed by atoms with Crippen LogP contribution in [0.1, 0.15) is 12.5 Å². The average Bonchev–Trinajstić information content (AvgIpc) is 2.65. The van der Waals surface area contributed by atoms with Crippen LogP contribution in [0.5, 0.6) is 0 Å². The van der Waals surface area contributed by atoms with Crippen molar-refractivity contribution in [3.05, 3.63) is 66.1 Å². The number of allylic oxidation sites excluding steroid dienone is 1. The Bertz CT molecular complexity index is 834. The predicted molar refractivity (Wildman–Crippen MR) is 108 cm³/mol. The molecular formula is C20H22FN3OS. The molecule has 1 heterocycles. The maximum absolute atomic E-state index is 13.0. The molecule has 0 radical (unpaired) electrons. The van der Waals surface area contributed by atoms with E-state index in [1.54, 1.807) is 18.3 Å². The van der Waals surface area contributed by atoms with Crippen LogP contribution < -0.4 is 10.6 Å². The molecule has 1 aliphatic rings. The summed E-state index contributed by atoms with van der Waals surface area (Å²) in [6.45, 7) is 3.52. The molecule has 6 heteroatoms. The lowest BCUT2D eigenvalue weighted by atomic mass is 10.0. The Labute approximate surface area is 155 Å². The third-order valence-electron chi connectivity index (χ3n) is 4.40. The molecule has 0 amide bonds. The molecule has 26 heavy (non-hydrogen) atoms. The minimum atomic E-state index is -0.682. The second kappa shape index (κ2) is 8.27. The van der Waals surface area contributed by atoms with Crippen LogP contribution in [0.2, 0.25) is 0 Å². The summed E-state index contributed by atoms with van der Waals surface area (Å²) in [5.74, 6) is 1.16. The fraction of sp³-hybridized carbons (Fsp3) is 0.250. The number of halogens is 1. The van der Waals surface area contributed by atoms with Gasteiger partial charge in [-0.2, -0.15) is 0 Å². The zero-order valence-electron chi connectivity index (χ0n) is 14.7. The quantitative estimate of drug-likeness (QED) is 0.837. The molecule has 4 nitrogen and oxygen atoms in total. The molecule has 3 rings (SSSR count). The van der Waals surface area contributed by atoms with Crippen LogP contribution in [0.25, 0.3) is 5.57 Å². The van der Waals surface area contributed by atoms with E-state index < -0.39 is 10.8 Å². The van der Waals surface area contributed by atoms with Crippen LogP contribution in [0.15, 0.2) is 59.7 Å². The molecule has 2 N–H and O–H groups in total. The van der Waals surface area contributed by atoms with Gasteiger partial charge in [0.25, 0.3) is 0 Å². The fourth-order valence-electron chi connectivity index (χ4n) is 2.94. The molecule has 1 saturated heterocycles. The first kappa shape index (κ1) is 18.3. The third kappa shape index (κ3) is 4.38. The molecule has 0 aromatic heterocycles. The highest BCUT2D eigenvalue weighted by Crippen LogP contribution is 2.23. The van der Waals surface area contributed by atoms with Gasteiger partial charge < -0.3 is 10.6 Å². The summed E-state index contributed by atoms with van der Waals surface area (Å²) in [5, 5.41) is 0. The standard InChI is InChI=1S/C20H22FN3OS/c1-15(23-18-6-4-17(21)5-7-18)20(14-22)16-2-8-19(9-3-16)24-10-12-26(25)13-11-24/h2-9,14H,10-13,22H2,1H3. The molecule has 0 bridgehead atoms. The van der Waals surface area contributed by atoms with Gasteiger partial charge in [0.2, 0.25) is 0 Å². The lowest BCUT2D eigenvalue weighted by Crippen LogP contribution is -2.37. The normalized spacial score (nSPS) is 16.8. The van der Waals surface area contributed by atoms with Crippen LogP contribution in [0, 0.1) is 5.82 Å². The fourth-order valence-corrected chi connectivity index (χ4v) is 4.00. The number of rotatable bonds is 4. The predicted octanol–water partition coefficient (Wildman–Crippen LogP) is 3.49. The highest BCUT2D eigenvalue weighted by atomic mass is 32.2. The van der Waals surface area contributed by atoms with Crippen molar-refractivity contribution in [3.8, 4) is 0 Å². The smallest absolute Gasteiger partial charge is 0.123 e. The first-order chi connectivity index (χ1) is 12.6. The second-order valence-corrected chi connectivity index (χ2v) is 7.83. The lowest BCUT2D eigenvalue weighted by molar-refractivity contribution is 0.628. The van der Waals surface area contributed by atoms with Crippen LogP contribution in [-0.2, 0) is 10.8 Å². The molecule has 0 spiro atoms. The molecule has 0 saturated carbocycles. The van der Waals surface area contributed by atoms with Gasteiger partial charge in [0.1, 0.15) is 5.82 Å². The van der Waals surface area contributed by atoms with Crippen molar-refractivity contribution in [1.29, 1.82) is 0 Å². The van der Waals surface area contributed by atoms with Gasteiger partial charge in [-0.05, 0) is 48.9 Å². The van der Waals surface area contributed by atoms with Gasteiger partial charge in [0, 0.05) is 58.6 Å². The van der Waals surface area contributed by atoms with Gasteiger partial charge >= 0.3 is 0 Å². The summed E-state index contributed by atoms with van der Waals surface area (Å²) in [4.78, 5) is 6.77. The molecule has 0 unspecified atom stereocenters. The number of benzene rings is 2. The molecule has 2 aromatic carbocycles. The maximum Gasteiger partial charge on any atom is 0.123 e. The summed E-state index contributed by atoms with van der Waals surface area (Å²) in [6.07, 6.45) is 1.54. The van der Waals surface area contributed by atoms with Crippen molar-refractivity contribution in [2.24, 2.45) is 10.7 Å². The first-order valence-corrected chi connectivity index (χ1v) is 9.99. The Morgan fingerprint density at radius 1 is 1.12 bits per heavy atom. The summed E-state index contributed by atoms with van der Waals surface area (Å²) < 4.78 is 24.5. The van der Waals surface area contributed by atoms with Crippen LogP contribution in [0.4, 0.5) is 15.8 Å². The van der Waals surface area contributed by atoms with Gasteiger partial charge in [-0.1, -0.05) is 12.1 Å². The van der Waals surface area contributed by atoms with Crippen LogP contribution in [0.3, 0.4) is 0 Å². The van der Waals surface area contributed by atoms with Gasteiger partial charge in [0.05, 0.1) is 5.69 Å². The van der Waals surface area contributed by atoms with Crippen molar-refractivity contribution in [1.82, 2.24) is 0 Å². The minimum Gasteiger partial charge on any atom is -0.404 e. The zero-order valence-corrected chi connectivity index (χ0v) is 15.5. The Hall–Kier alpha value is -2.47. The van der Waals surface area contributed by atoms with Crippen LogP contribution in [-0.4, -0.2) is 34.5 Å². The second-order valence-electron chi connectivity index (χ2n) is 6.14. The highest BCUT2D eigenvalue weighted by Gasteiger charge is 2.15. The van der Waals surface area contributed by atoms with E-state index >= 15 is 0 Å². The van der Waals surface area contributed by atoms with E-state index in [1.165, 1.54) is 12.1 Å². The third-order valence-corrected chi connectivity index (χ3v) is 5.68.